The first-order chi connectivity index (χ1) is 12.7. The number of ether oxygens (including phenoxy) is 1. The fourth-order valence-electron chi connectivity index (χ4n) is 2.76. The SMILES string of the molecule is O=C(Oc1ccccc1)n1nc(-c2ccccc2)c2ccccc2c1=O. The Morgan fingerprint density at radius 1 is 0.769 bits per heavy atom. The van der Waals surface area contributed by atoms with Crippen molar-refractivity contribution in [1.82, 2.24) is 9.78 Å². The van der Waals surface area contributed by atoms with Crippen molar-refractivity contribution < 1.29 is 9.53 Å². The van der Waals surface area contributed by atoms with E-state index < -0.39 is 11.7 Å². The Bertz CT molecular complexity index is 1140. The molecule has 0 amide bonds. The summed E-state index contributed by atoms with van der Waals surface area (Å²) in [4.78, 5) is 25.3. The zero-order valence-corrected chi connectivity index (χ0v) is 13.7. The van der Waals surface area contributed by atoms with Gasteiger partial charge in [0.25, 0.3) is 5.56 Å². The smallest absolute Gasteiger partial charge is 0.409 e. The number of carbonyl (C=O) groups excluding carboxylic acids is 1. The monoisotopic (exact) mass is 342 g/mol. The first-order valence-electron chi connectivity index (χ1n) is 8.09. The number of nitrogens with zero attached hydrogens (tertiary/aromatic N) is 2. The van der Waals surface area contributed by atoms with Gasteiger partial charge in [-0.05, 0) is 18.2 Å². The van der Waals surface area contributed by atoms with Crippen LogP contribution in [0.1, 0.15) is 0 Å². The van der Waals surface area contributed by atoms with E-state index in [4.69, 9.17) is 4.74 Å². The van der Waals surface area contributed by atoms with Crippen molar-refractivity contribution in [2.75, 3.05) is 0 Å². The molecule has 0 saturated heterocycles. The quantitative estimate of drug-likeness (QED) is 0.550. The van der Waals surface area contributed by atoms with E-state index in [0.29, 0.717) is 22.2 Å². The minimum Gasteiger partial charge on any atom is -0.409 e. The summed E-state index contributed by atoms with van der Waals surface area (Å²) in [6.07, 6.45) is -0.843. The van der Waals surface area contributed by atoms with E-state index in [9.17, 15) is 9.59 Å². The lowest BCUT2D eigenvalue weighted by molar-refractivity contribution is 0.197. The van der Waals surface area contributed by atoms with Crippen LogP contribution >= 0.6 is 0 Å². The van der Waals surface area contributed by atoms with Crippen molar-refractivity contribution in [1.29, 1.82) is 0 Å². The Kier molecular flexibility index (Phi) is 4.03. The van der Waals surface area contributed by atoms with E-state index in [1.807, 2.05) is 48.5 Å². The van der Waals surface area contributed by atoms with Crippen LogP contribution in [0.5, 0.6) is 5.75 Å². The second-order valence-electron chi connectivity index (χ2n) is 5.66. The molecule has 26 heavy (non-hydrogen) atoms. The van der Waals surface area contributed by atoms with Crippen molar-refractivity contribution in [2.24, 2.45) is 0 Å². The lowest BCUT2D eigenvalue weighted by atomic mass is 10.1. The number of aromatic nitrogens is 2. The van der Waals surface area contributed by atoms with Crippen molar-refractivity contribution >= 4 is 16.9 Å². The van der Waals surface area contributed by atoms with E-state index in [0.717, 1.165) is 10.2 Å². The van der Waals surface area contributed by atoms with Crippen LogP contribution in [0.3, 0.4) is 0 Å². The molecular weight excluding hydrogens is 328 g/mol. The van der Waals surface area contributed by atoms with Crippen LogP contribution in [0.15, 0.2) is 89.7 Å². The highest BCUT2D eigenvalue weighted by atomic mass is 16.6. The summed E-state index contributed by atoms with van der Waals surface area (Å²) in [7, 11) is 0. The summed E-state index contributed by atoms with van der Waals surface area (Å²) < 4.78 is 6.06. The van der Waals surface area contributed by atoms with Gasteiger partial charge in [-0.1, -0.05) is 66.7 Å². The number of hydrogen-bond donors (Lipinski definition) is 0. The zero-order chi connectivity index (χ0) is 17.9. The maximum atomic E-state index is 12.7. The number of carbonyl (C=O) groups is 1. The van der Waals surface area contributed by atoms with Gasteiger partial charge in [0.05, 0.1) is 11.1 Å². The molecule has 5 nitrogen and oxygen atoms in total. The van der Waals surface area contributed by atoms with Gasteiger partial charge in [-0.2, -0.15) is 5.10 Å². The summed E-state index contributed by atoms with van der Waals surface area (Å²) >= 11 is 0. The predicted molar refractivity (Wildman–Crippen MR) is 99.3 cm³/mol. The molecule has 3 aromatic carbocycles. The molecule has 0 bridgehead atoms. The van der Waals surface area contributed by atoms with Gasteiger partial charge in [0.15, 0.2) is 0 Å². The highest BCUT2D eigenvalue weighted by Crippen LogP contribution is 2.24. The molecule has 1 aromatic heterocycles. The first-order valence-corrected chi connectivity index (χ1v) is 8.09. The normalized spacial score (nSPS) is 10.6. The van der Waals surface area contributed by atoms with Crippen molar-refractivity contribution in [3.05, 3.63) is 95.3 Å². The summed E-state index contributed by atoms with van der Waals surface area (Å²) in [6, 6.07) is 25.1. The van der Waals surface area contributed by atoms with Gasteiger partial charge in [-0.25, -0.2) is 4.79 Å². The van der Waals surface area contributed by atoms with Gasteiger partial charge in [-0.15, -0.1) is 4.68 Å². The average Bonchev–Trinajstić information content (AvgIpc) is 2.70. The lowest BCUT2D eigenvalue weighted by Crippen LogP contribution is -2.32. The maximum Gasteiger partial charge on any atom is 0.443 e. The maximum absolute atomic E-state index is 12.7. The Morgan fingerprint density at radius 2 is 1.35 bits per heavy atom. The van der Waals surface area contributed by atoms with E-state index in [-0.39, 0.29) is 0 Å². The highest BCUT2D eigenvalue weighted by molar-refractivity contribution is 5.94. The third-order valence-electron chi connectivity index (χ3n) is 3.97. The van der Waals surface area contributed by atoms with Crippen molar-refractivity contribution in [2.45, 2.75) is 0 Å². The molecule has 0 radical (unpaired) electrons. The molecule has 0 aliphatic rings. The van der Waals surface area contributed by atoms with Gasteiger partial charge >= 0.3 is 6.09 Å². The molecule has 0 aliphatic heterocycles. The summed E-state index contributed by atoms with van der Waals surface area (Å²) in [6.45, 7) is 0. The summed E-state index contributed by atoms with van der Waals surface area (Å²) in [5, 5.41) is 5.39. The first kappa shape index (κ1) is 15.8. The largest absolute Gasteiger partial charge is 0.443 e. The second kappa shape index (κ2) is 6.64. The van der Waals surface area contributed by atoms with Crippen LogP contribution in [0.2, 0.25) is 0 Å². The number of benzene rings is 3. The molecule has 0 fully saturated rings. The van der Waals surface area contributed by atoms with Crippen LogP contribution in [-0.4, -0.2) is 15.9 Å². The molecule has 1 heterocycles. The van der Waals surface area contributed by atoms with Gasteiger partial charge in [0.2, 0.25) is 0 Å². The number of hydrogen-bond acceptors (Lipinski definition) is 4. The number of para-hydroxylation sites is 1. The van der Waals surface area contributed by atoms with Crippen LogP contribution in [-0.2, 0) is 0 Å². The fraction of sp³-hybridized carbons (Fsp3) is 0. The molecule has 0 aliphatic carbocycles. The molecule has 5 heteroatoms. The topological polar surface area (TPSA) is 61.2 Å². The molecule has 0 saturated carbocycles. The third-order valence-corrected chi connectivity index (χ3v) is 3.97. The summed E-state index contributed by atoms with van der Waals surface area (Å²) in [5.74, 6) is 0.348. The minimum absolute atomic E-state index is 0.348. The zero-order valence-electron chi connectivity index (χ0n) is 13.7. The summed E-state index contributed by atoms with van der Waals surface area (Å²) in [5.41, 5.74) is 0.844. The van der Waals surface area contributed by atoms with Crippen LogP contribution in [0, 0.1) is 0 Å². The molecular formula is C21H14N2O3. The van der Waals surface area contributed by atoms with Gasteiger partial charge < -0.3 is 4.74 Å². The van der Waals surface area contributed by atoms with Crippen LogP contribution in [0.4, 0.5) is 4.79 Å². The molecule has 0 unspecified atom stereocenters. The minimum atomic E-state index is -0.843. The van der Waals surface area contributed by atoms with Crippen LogP contribution in [0.25, 0.3) is 22.0 Å². The van der Waals surface area contributed by atoms with Gasteiger partial charge in [-0.3, -0.25) is 4.79 Å². The van der Waals surface area contributed by atoms with E-state index >= 15 is 0 Å². The van der Waals surface area contributed by atoms with Gasteiger partial charge in [0.1, 0.15) is 5.75 Å². The lowest BCUT2D eigenvalue weighted by Gasteiger charge is -2.10. The van der Waals surface area contributed by atoms with Crippen molar-refractivity contribution in [3.63, 3.8) is 0 Å². The molecule has 0 spiro atoms. The molecule has 4 rings (SSSR count). The molecule has 0 atom stereocenters. The van der Waals surface area contributed by atoms with E-state index in [2.05, 4.69) is 5.10 Å². The fourth-order valence-corrected chi connectivity index (χ4v) is 2.76. The number of fused-ring (bicyclic) bond motifs is 1. The predicted octanol–water partition coefficient (Wildman–Crippen LogP) is 4.11. The average molecular weight is 342 g/mol. The van der Waals surface area contributed by atoms with E-state index in [1.54, 1.807) is 36.4 Å². The highest BCUT2D eigenvalue weighted by Gasteiger charge is 2.17. The Balaban J connectivity index is 1.89. The number of rotatable bonds is 2. The van der Waals surface area contributed by atoms with Gasteiger partial charge in [0, 0.05) is 10.9 Å². The van der Waals surface area contributed by atoms with E-state index in [1.165, 1.54) is 0 Å². The Hall–Kier alpha value is -3.73. The molecule has 4 aromatic rings. The van der Waals surface area contributed by atoms with Crippen LogP contribution < -0.4 is 10.3 Å². The van der Waals surface area contributed by atoms with Crippen molar-refractivity contribution in [3.8, 4) is 17.0 Å². The molecule has 0 N–H and O–H groups in total. The Morgan fingerprint density at radius 3 is 2.04 bits per heavy atom. The third kappa shape index (κ3) is 2.86. The Labute approximate surface area is 149 Å². The standard InChI is InChI=1S/C21H14N2O3/c24-20-18-14-8-7-13-17(18)19(15-9-3-1-4-10-15)22-23(20)21(25)26-16-11-5-2-6-12-16/h1-14H. The molecule has 126 valence electrons. The second-order valence-corrected chi connectivity index (χ2v) is 5.66.